The van der Waals surface area contributed by atoms with E-state index in [0.29, 0.717) is 0 Å². The topological polar surface area (TPSA) is 0 Å². The molecule has 0 unspecified atom stereocenters. The maximum Gasteiger partial charge on any atom is -0.0152 e. The Hall–Kier alpha value is -2.34. The third-order valence-electron chi connectivity index (χ3n) is 4.01. The molecule has 0 aliphatic carbocycles. The number of hydrogen-bond donors (Lipinski definition) is 0. The lowest BCUT2D eigenvalue weighted by Crippen LogP contribution is -1.89. The zero-order valence-corrected chi connectivity index (χ0v) is 12.9. The first-order valence-electron chi connectivity index (χ1n) is 7.39. The van der Waals surface area contributed by atoms with Gasteiger partial charge in [0, 0.05) is 0 Å². The van der Waals surface area contributed by atoms with Gasteiger partial charge in [-0.3, -0.25) is 0 Å². The van der Waals surface area contributed by atoms with Crippen LogP contribution in [0.3, 0.4) is 0 Å². The van der Waals surface area contributed by atoms with Crippen LogP contribution in [0.5, 0.6) is 0 Å². The van der Waals surface area contributed by atoms with Gasteiger partial charge < -0.3 is 0 Å². The summed E-state index contributed by atoms with van der Waals surface area (Å²) >= 11 is 0. The van der Waals surface area contributed by atoms with Crippen LogP contribution < -0.4 is 0 Å². The Bertz CT molecular complexity index is 767. The largest absolute Gasteiger partial charge is 0.0622 e. The van der Waals surface area contributed by atoms with E-state index in [-0.39, 0.29) is 0 Å². The van der Waals surface area contributed by atoms with Crippen LogP contribution >= 0.6 is 0 Å². The van der Waals surface area contributed by atoms with Gasteiger partial charge in [0.25, 0.3) is 0 Å². The van der Waals surface area contributed by atoms with Gasteiger partial charge in [0.1, 0.15) is 0 Å². The van der Waals surface area contributed by atoms with Crippen LogP contribution in [0, 0.1) is 20.8 Å². The summed E-state index contributed by atoms with van der Waals surface area (Å²) in [6.07, 6.45) is 0. The lowest BCUT2D eigenvalue weighted by molar-refractivity contribution is 1.36. The van der Waals surface area contributed by atoms with Crippen LogP contribution in [0.25, 0.3) is 22.3 Å². The van der Waals surface area contributed by atoms with Crippen molar-refractivity contribution >= 4 is 0 Å². The van der Waals surface area contributed by atoms with E-state index in [4.69, 9.17) is 0 Å². The molecule has 104 valence electrons. The Kier molecular flexibility index (Phi) is 3.62. The average Bonchev–Trinajstić information content (AvgIpc) is 2.49. The molecule has 0 heteroatoms. The predicted octanol–water partition coefficient (Wildman–Crippen LogP) is 5.95. The molecular weight excluding hydrogens is 252 g/mol. The van der Waals surface area contributed by atoms with Gasteiger partial charge in [0.05, 0.1) is 0 Å². The summed E-state index contributed by atoms with van der Waals surface area (Å²) in [4.78, 5) is 0. The van der Waals surface area contributed by atoms with E-state index in [2.05, 4.69) is 87.5 Å². The molecule has 0 heterocycles. The standard InChI is InChI=1S/C21H20/c1-15-9-11-20(16(2)13-15)21-12-10-19(14-17(21)3)18-7-5-4-6-8-18/h4-14H,1-3H3. The summed E-state index contributed by atoms with van der Waals surface area (Å²) in [6.45, 7) is 6.52. The smallest absolute Gasteiger partial charge is 0.0152 e. The maximum absolute atomic E-state index is 2.28. The summed E-state index contributed by atoms with van der Waals surface area (Å²) < 4.78 is 0. The fourth-order valence-corrected chi connectivity index (χ4v) is 2.89. The summed E-state index contributed by atoms with van der Waals surface area (Å²) in [6, 6.07) is 24.0. The van der Waals surface area contributed by atoms with E-state index < -0.39 is 0 Å². The minimum Gasteiger partial charge on any atom is -0.0622 e. The van der Waals surface area contributed by atoms with Gasteiger partial charge in [-0.1, -0.05) is 72.3 Å². The van der Waals surface area contributed by atoms with E-state index in [1.165, 1.54) is 38.9 Å². The van der Waals surface area contributed by atoms with Crippen molar-refractivity contribution in [3.05, 3.63) is 83.4 Å². The lowest BCUT2D eigenvalue weighted by Gasteiger charge is -2.12. The molecule has 0 saturated carbocycles. The first-order chi connectivity index (χ1) is 10.1. The summed E-state index contributed by atoms with van der Waals surface area (Å²) in [7, 11) is 0. The van der Waals surface area contributed by atoms with E-state index in [1.54, 1.807) is 0 Å². The van der Waals surface area contributed by atoms with Gasteiger partial charge in [-0.05, 0) is 54.2 Å². The molecule has 3 rings (SSSR count). The van der Waals surface area contributed by atoms with Crippen LogP contribution in [-0.2, 0) is 0 Å². The third kappa shape index (κ3) is 2.75. The molecule has 0 amide bonds. The van der Waals surface area contributed by atoms with Crippen molar-refractivity contribution in [2.45, 2.75) is 20.8 Å². The van der Waals surface area contributed by atoms with Crippen molar-refractivity contribution in [1.29, 1.82) is 0 Å². The van der Waals surface area contributed by atoms with Gasteiger partial charge in [0.2, 0.25) is 0 Å². The Balaban J connectivity index is 2.06. The lowest BCUT2D eigenvalue weighted by atomic mass is 9.93. The van der Waals surface area contributed by atoms with Gasteiger partial charge >= 0.3 is 0 Å². The second-order valence-corrected chi connectivity index (χ2v) is 5.71. The Morgan fingerprint density at radius 3 is 1.76 bits per heavy atom. The van der Waals surface area contributed by atoms with E-state index in [1.807, 2.05) is 0 Å². The average molecular weight is 272 g/mol. The van der Waals surface area contributed by atoms with E-state index in [9.17, 15) is 0 Å². The molecule has 0 radical (unpaired) electrons. The van der Waals surface area contributed by atoms with Gasteiger partial charge in [-0.2, -0.15) is 0 Å². The quantitative estimate of drug-likeness (QED) is 0.541. The van der Waals surface area contributed by atoms with Crippen LogP contribution in [-0.4, -0.2) is 0 Å². The molecule has 0 aromatic heterocycles. The minimum atomic E-state index is 1.27. The number of aryl methyl sites for hydroxylation is 3. The van der Waals surface area contributed by atoms with Crippen molar-refractivity contribution in [3.8, 4) is 22.3 Å². The second-order valence-electron chi connectivity index (χ2n) is 5.71. The SMILES string of the molecule is Cc1ccc(-c2ccc(-c3ccccc3)cc2C)c(C)c1. The molecule has 0 bridgehead atoms. The highest BCUT2D eigenvalue weighted by molar-refractivity contribution is 5.75. The predicted molar refractivity (Wildman–Crippen MR) is 91.5 cm³/mol. The zero-order valence-electron chi connectivity index (χ0n) is 12.9. The molecule has 3 aromatic rings. The summed E-state index contributed by atoms with van der Waals surface area (Å²) in [5.41, 5.74) is 9.18. The van der Waals surface area contributed by atoms with E-state index in [0.717, 1.165) is 0 Å². The highest BCUT2D eigenvalue weighted by atomic mass is 14.1. The molecule has 0 nitrogen and oxygen atoms in total. The van der Waals surface area contributed by atoms with Crippen LogP contribution in [0.4, 0.5) is 0 Å². The molecule has 0 spiro atoms. The normalized spacial score (nSPS) is 10.6. The van der Waals surface area contributed by atoms with Gasteiger partial charge in [-0.15, -0.1) is 0 Å². The van der Waals surface area contributed by atoms with Crippen LogP contribution in [0.2, 0.25) is 0 Å². The molecule has 0 fully saturated rings. The summed E-state index contributed by atoms with van der Waals surface area (Å²) in [5, 5.41) is 0. The van der Waals surface area contributed by atoms with Crippen LogP contribution in [0.15, 0.2) is 66.7 Å². The molecule has 21 heavy (non-hydrogen) atoms. The Labute approximate surface area is 127 Å². The van der Waals surface area contributed by atoms with Crippen molar-refractivity contribution in [3.63, 3.8) is 0 Å². The second kappa shape index (κ2) is 5.57. The number of rotatable bonds is 2. The molecule has 0 atom stereocenters. The maximum atomic E-state index is 2.28. The minimum absolute atomic E-state index is 1.27. The van der Waals surface area contributed by atoms with Crippen LogP contribution in [0.1, 0.15) is 16.7 Å². The highest BCUT2D eigenvalue weighted by Gasteiger charge is 2.07. The molecular formula is C21H20. The van der Waals surface area contributed by atoms with E-state index >= 15 is 0 Å². The van der Waals surface area contributed by atoms with Crippen molar-refractivity contribution < 1.29 is 0 Å². The number of hydrogen-bond acceptors (Lipinski definition) is 0. The number of benzene rings is 3. The first kappa shape index (κ1) is 13.6. The van der Waals surface area contributed by atoms with Gasteiger partial charge in [-0.25, -0.2) is 0 Å². The molecule has 0 saturated heterocycles. The van der Waals surface area contributed by atoms with Crippen molar-refractivity contribution in [1.82, 2.24) is 0 Å². The first-order valence-corrected chi connectivity index (χ1v) is 7.39. The molecule has 3 aromatic carbocycles. The zero-order chi connectivity index (χ0) is 14.8. The van der Waals surface area contributed by atoms with Crippen molar-refractivity contribution in [2.24, 2.45) is 0 Å². The molecule has 0 N–H and O–H groups in total. The third-order valence-corrected chi connectivity index (χ3v) is 4.01. The highest BCUT2D eigenvalue weighted by Crippen LogP contribution is 2.30. The Morgan fingerprint density at radius 2 is 1.14 bits per heavy atom. The fraction of sp³-hybridized carbons (Fsp3) is 0.143. The summed E-state index contributed by atoms with van der Waals surface area (Å²) in [5.74, 6) is 0. The molecule has 0 aliphatic heterocycles. The van der Waals surface area contributed by atoms with Gasteiger partial charge in [0.15, 0.2) is 0 Å². The Morgan fingerprint density at radius 1 is 0.524 bits per heavy atom. The molecule has 0 aliphatic rings. The monoisotopic (exact) mass is 272 g/mol. The van der Waals surface area contributed by atoms with Crippen molar-refractivity contribution in [2.75, 3.05) is 0 Å². The fourth-order valence-electron chi connectivity index (χ4n) is 2.89.